The number of esters is 1. The number of ether oxygens (including phenoxy) is 1. The molecule has 0 atom stereocenters. The molecule has 1 amide bonds. The summed E-state index contributed by atoms with van der Waals surface area (Å²) in [6.45, 7) is 1.20. The van der Waals surface area contributed by atoms with Crippen LogP contribution in [0.4, 0.5) is 0 Å². The van der Waals surface area contributed by atoms with Crippen LogP contribution in [-0.2, 0) is 9.53 Å². The maximum atomic E-state index is 12.6. The van der Waals surface area contributed by atoms with Gasteiger partial charge in [0, 0.05) is 18.7 Å². The van der Waals surface area contributed by atoms with E-state index in [-0.39, 0.29) is 12.5 Å². The zero-order valence-electron chi connectivity index (χ0n) is 16.0. The van der Waals surface area contributed by atoms with Gasteiger partial charge in [0.25, 0.3) is 5.91 Å². The summed E-state index contributed by atoms with van der Waals surface area (Å²) in [5.41, 5.74) is 1.75. The molecule has 0 unspecified atom stereocenters. The van der Waals surface area contributed by atoms with Crippen LogP contribution in [0, 0.1) is 0 Å². The summed E-state index contributed by atoms with van der Waals surface area (Å²) in [5.74, 6) is 0.228. The number of amides is 1. The smallest absolute Gasteiger partial charge is 0.339 e. The van der Waals surface area contributed by atoms with Crippen LogP contribution in [0.2, 0.25) is 0 Å². The Bertz CT molecular complexity index is 991. The van der Waals surface area contributed by atoms with Gasteiger partial charge in [-0.25, -0.2) is 9.78 Å². The van der Waals surface area contributed by atoms with Gasteiger partial charge in [-0.15, -0.1) is 0 Å². The number of oxazole rings is 1. The van der Waals surface area contributed by atoms with Crippen molar-refractivity contribution >= 4 is 11.9 Å². The number of rotatable bonds is 5. The van der Waals surface area contributed by atoms with E-state index >= 15 is 0 Å². The average Bonchev–Trinajstić information content (AvgIpc) is 3.28. The van der Waals surface area contributed by atoms with Crippen LogP contribution in [0.5, 0.6) is 0 Å². The van der Waals surface area contributed by atoms with Crippen molar-refractivity contribution in [1.29, 1.82) is 0 Å². The predicted octanol–water partition coefficient (Wildman–Crippen LogP) is 4.18. The SMILES string of the molecule is O=C(OCC(=O)N1CCCCC1)c1ccccc1-c1ncc(-c2ccccc2)o1. The molecule has 0 saturated carbocycles. The van der Waals surface area contributed by atoms with Gasteiger partial charge < -0.3 is 14.1 Å². The first-order chi connectivity index (χ1) is 14.2. The summed E-state index contributed by atoms with van der Waals surface area (Å²) in [6, 6.07) is 16.6. The number of benzene rings is 2. The second-order valence-corrected chi connectivity index (χ2v) is 6.96. The van der Waals surface area contributed by atoms with Crippen molar-refractivity contribution in [3.8, 4) is 22.8 Å². The van der Waals surface area contributed by atoms with E-state index in [9.17, 15) is 9.59 Å². The fraction of sp³-hybridized carbons (Fsp3) is 0.261. The minimum atomic E-state index is -0.564. The highest BCUT2D eigenvalue weighted by Crippen LogP contribution is 2.28. The van der Waals surface area contributed by atoms with Crippen LogP contribution in [0.15, 0.2) is 65.2 Å². The number of carbonyl (C=O) groups excluding carboxylic acids is 2. The van der Waals surface area contributed by atoms with Gasteiger partial charge in [0.05, 0.1) is 17.3 Å². The molecule has 1 saturated heterocycles. The van der Waals surface area contributed by atoms with Crippen LogP contribution in [0.25, 0.3) is 22.8 Å². The molecule has 3 aromatic rings. The molecule has 0 spiro atoms. The molecule has 2 aromatic carbocycles. The van der Waals surface area contributed by atoms with Crippen LogP contribution in [0.3, 0.4) is 0 Å². The Morgan fingerprint density at radius 1 is 0.966 bits per heavy atom. The average molecular weight is 390 g/mol. The van der Waals surface area contributed by atoms with E-state index in [0.717, 1.165) is 37.9 Å². The molecule has 29 heavy (non-hydrogen) atoms. The minimum absolute atomic E-state index is 0.155. The molecular formula is C23H22N2O4. The largest absolute Gasteiger partial charge is 0.452 e. The zero-order chi connectivity index (χ0) is 20.1. The predicted molar refractivity (Wildman–Crippen MR) is 108 cm³/mol. The Labute approximate surface area is 169 Å². The van der Waals surface area contributed by atoms with Crippen molar-refractivity contribution in [2.75, 3.05) is 19.7 Å². The van der Waals surface area contributed by atoms with Crippen LogP contribution >= 0.6 is 0 Å². The number of carbonyl (C=O) groups is 2. The molecule has 1 aromatic heterocycles. The highest BCUT2D eigenvalue weighted by Gasteiger charge is 2.21. The van der Waals surface area contributed by atoms with E-state index in [1.54, 1.807) is 35.4 Å². The first kappa shape index (κ1) is 18.9. The third-order valence-corrected chi connectivity index (χ3v) is 4.98. The van der Waals surface area contributed by atoms with Gasteiger partial charge in [0.1, 0.15) is 0 Å². The van der Waals surface area contributed by atoms with Gasteiger partial charge in [-0.1, -0.05) is 42.5 Å². The summed E-state index contributed by atoms with van der Waals surface area (Å²) in [5, 5.41) is 0. The van der Waals surface area contributed by atoms with Gasteiger partial charge in [0.2, 0.25) is 5.89 Å². The molecule has 0 bridgehead atoms. The van der Waals surface area contributed by atoms with E-state index in [1.807, 2.05) is 30.3 Å². The fourth-order valence-corrected chi connectivity index (χ4v) is 3.42. The monoisotopic (exact) mass is 390 g/mol. The standard InChI is InChI=1S/C23H22N2O4/c26-21(25-13-7-2-8-14-25)16-28-23(27)19-12-6-5-11-18(19)22-24-15-20(29-22)17-9-3-1-4-10-17/h1,3-6,9-12,15H,2,7-8,13-14,16H2. The highest BCUT2D eigenvalue weighted by molar-refractivity contribution is 5.97. The third-order valence-electron chi connectivity index (χ3n) is 4.98. The summed E-state index contributed by atoms with van der Waals surface area (Å²) in [4.78, 5) is 31.0. The first-order valence-electron chi connectivity index (χ1n) is 9.78. The third kappa shape index (κ3) is 4.37. The quantitative estimate of drug-likeness (QED) is 0.611. The first-order valence-corrected chi connectivity index (χ1v) is 9.78. The number of likely N-dealkylation sites (tertiary alicyclic amines) is 1. The molecule has 4 rings (SSSR count). The summed E-state index contributed by atoms with van der Waals surface area (Å²) < 4.78 is 11.2. The molecular weight excluding hydrogens is 368 g/mol. The molecule has 0 N–H and O–H groups in total. The lowest BCUT2D eigenvalue weighted by molar-refractivity contribution is -0.135. The molecule has 1 aliphatic rings. The van der Waals surface area contributed by atoms with Gasteiger partial charge >= 0.3 is 5.97 Å². The van der Waals surface area contributed by atoms with E-state index < -0.39 is 5.97 Å². The van der Waals surface area contributed by atoms with E-state index in [2.05, 4.69) is 4.98 Å². The van der Waals surface area contributed by atoms with Crippen LogP contribution in [0.1, 0.15) is 29.6 Å². The molecule has 1 fully saturated rings. The Morgan fingerprint density at radius 3 is 2.48 bits per heavy atom. The van der Waals surface area contributed by atoms with Gasteiger partial charge in [0.15, 0.2) is 12.4 Å². The number of hydrogen-bond donors (Lipinski definition) is 0. The summed E-state index contributed by atoms with van der Waals surface area (Å²) >= 11 is 0. The molecule has 148 valence electrons. The molecule has 2 heterocycles. The Morgan fingerprint density at radius 2 is 1.69 bits per heavy atom. The highest BCUT2D eigenvalue weighted by atomic mass is 16.5. The second-order valence-electron chi connectivity index (χ2n) is 6.96. The van der Waals surface area contributed by atoms with Gasteiger partial charge in [-0.2, -0.15) is 0 Å². The number of piperidine rings is 1. The molecule has 1 aliphatic heterocycles. The molecule has 6 heteroatoms. The molecule has 0 aliphatic carbocycles. The van der Waals surface area contributed by atoms with E-state index in [1.165, 1.54) is 0 Å². The normalized spacial score (nSPS) is 13.9. The Kier molecular flexibility index (Phi) is 5.70. The lowest BCUT2D eigenvalue weighted by Crippen LogP contribution is -2.38. The second kappa shape index (κ2) is 8.73. The van der Waals surface area contributed by atoms with Crippen molar-refractivity contribution < 1.29 is 18.7 Å². The Hall–Kier alpha value is -3.41. The molecule has 6 nitrogen and oxygen atoms in total. The van der Waals surface area contributed by atoms with Gasteiger partial charge in [-0.05, 0) is 31.4 Å². The number of hydrogen-bond acceptors (Lipinski definition) is 5. The van der Waals surface area contributed by atoms with Crippen LogP contribution < -0.4 is 0 Å². The lowest BCUT2D eigenvalue weighted by atomic mass is 10.1. The minimum Gasteiger partial charge on any atom is -0.452 e. The van der Waals surface area contributed by atoms with Crippen molar-refractivity contribution in [1.82, 2.24) is 9.88 Å². The Balaban J connectivity index is 1.49. The maximum absolute atomic E-state index is 12.6. The molecule has 0 radical (unpaired) electrons. The van der Waals surface area contributed by atoms with E-state index in [4.69, 9.17) is 9.15 Å². The zero-order valence-corrected chi connectivity index (χ0v) is 16.0. The maximum Gasteiger partial charge on any atom is 0.339 e. The van der Waals surface area contributed by atoms with E-state index in [0.29, 0.717) is 22.8 Å². The summed E-state index contributed by atoms with van der Waals surface area (Å²) in [7, 11) is 0. The van der Waals surface area contributed by atoms with Crippen LogP contribution in [-0.4, -0.2) is 41.5 Å². The summed E-state index contributed by atoms with van der Waals surface area (Å²) in [6.07, 6.45) is 4.76. The number of aromatic nitrogens is 1. The topological polar surface area (TPSA) is 72.6 Å². The van der Waals surface area contributed by atoms with Crippen molar-refractivity contribution in [2.45, 2.75) is 19.3 Å². The van der Waals surface area contributed by atoms with Crippen molar-refractivity contribution in [2.24, 2.45) is 0 Å². The van der Waals surface area contributed by atoms with Crippen molar-refractivity contribution in [3.05, 3.63) is 66.4 Å². The van der Waals surface area contributed by atoms with Crippen molar-refractivity contribution in [3.63, 3.8) is 0 Å². The number of nitrogens with zero attached hydrogens (tertiary/aromatic N) is 2. The van der Waals surface area contributed by atoms with Gasteiger partial charge in [-0.3, -0.25) is 4.79 Å². The fourth-order valence-electron chi connectivity index (χ4n) is 3.42. The lowest BCUT2D eigenvalue weighted by Gasteiger charge is -2.26.